The molecule has 0 aliphatic heterocycles. The topological polar surface area (TPSA) is 21.3 Å². The van der Waals surface area contributed by atoms with Gasteiger partial charge in [0.25, 0.3) is 0 Å². The number of rotatable bonds is 6. The molecule has 1 fully saturated rings. The van der Waals surface area contributed by atoms with Crippen molar-refractivity contribution >= 4 is 27.7 Å². The van der Waals surface area contributed by atoms with Crippen LogP contribution in [0.2, 0.25) is 0 Å². The molecule has 21 heavy (non-hydrogen) atoms. The predicted octanol–water partition coefficient (Wildman–Crippen LogP) is 5.22. The fourth-order valence-corrected chi connectivity index (χ4v) is 2.96. The van der Waals surface area contributed by atoms with Crippen molar-refractivity contribution in [2.24, 2.45) is 0 Å². The summed E-state index contributed by atoms with van der Waals surface area (Å²) in [6, 6.07) is 15.0. The summed E-state index contributed by atoms with van der Waals surface area (Å²) in [7, 11) is 0. The van der Waals surface area contributed by atoms with Gasteiger partial charge in [0.2, 0.25) is 0 Å². The lowest BCUT2D eigenvalue weighted by Gasteiger charge is -2.10. The lowest BCUT2D eigenvalue weighted by atomic mass is 10.2. The van der Waals surface area contributed by atoms with Gasteiger partial charge in [-0.2, -0.15) is 0 Å². The molecule has 4 heteroatoms. The summed E-state index contributed by atoms with van der Waals surface area (Å²) in [4.78, 5) is 1.24. The smallest absolute Gasteiger partial charge is 0.128 e. The molecule has 1 aliphatic carbocycles. The average molecular weight is 364 g/mol. The highest BCUT2D eigenvalue weighted by atomic mass is 79.9. The molecule has 2 nitrogen and oxygen atoms in total. The predicted molar refractivity (Wildman–Crippen MR) is 92.3 cm³/mol. The quantitative estimate of drug-likeness (QED) is 0.711. The summed E-state index contributed by atoms with van der Waals surface area (Å²) in [6.45, 7) is 0.911. The standard InChI is InChI=1S/C17H18BrNOS/c1-21-16-8-6-14(7-9-16)20-15-5-2-12(17(18)10-15)11-19-13-3-4-13/h2,5-10,13,19H,3-4,11H2,1H3. The van der Waals surface area contributed by atoms with Crippen molar-refractivity contribution in [3.8, 4) is 11.5 Å². The second-order valence-electron chi connectivity index (χ2n) is 5.19. The van der Waals surface area contributed by atoms with Crippen molar-refractivity contribution in [3.05, 3.63) is 52.5 Å². The fraction of sp³-hybridized carbons (Fsp3) is 0.294. The maximum absolute atomic E-state index is 5.89. The molecule has 3 rings (SSSR count). The van der Waals surface area contributed by atoms with Crippen LogP contribution in [0.1, 0.15) is 18.4 Å². The molecular weight excluding hydrogens is 346 g/mol. The molecule has 0 aromatic heterocycles. The van der Waals surface area contributed by atoms with Gasteiger partial charge in [-0.1, -0.05) is 22.0 Å². The molecule has 110 valence electrons. The minimum absolute atomic E-state index is 0.725. The second-order valence-corrected chi connectivity index (χ2v) is 6.92. The fourth-order valence-electron chi connectivity index (χ4n) is 2.06. The Labute approximate surface area is 138 Å². The maximum Gasteiger partial charge on any atom is 0.128 e. The minimum Gasteiger partial charge on any atom is -0.457 e. The van der Waals surface area contributed by atoms with Crippen molar-refractivity contribution in [1.29, 1.82) is 0 Å². The summed E-state index contributed by atoms with van der Waals surface area (Å²) >= 11 is 5.36. The molecule has 2 aromatic carbocycles. The molecule has 0 amide bonds. The number of benzene rings is 2. The third-order valence-electron chi connectivity index (χ3n) is 3.48. The van der Waals surface area contributed by atoms with Crippen LogP contribution >= 0.6 is 27.7 Å². The normalized spacial score (nSPS) is 14.2. The first kappa shape index (κ1) is 14.9. The number of ether oxygens (including phenoxy) is 1. The first-order valence-electron chi connectivity index (χ1n) is 7.08. The zero-order valence-corrected chi connectivity index (χ0v) is 14.3. The van der Waals surface area contributed by atoms with Crippen LogP contribution in [0.25, 0.3) is 0 Å². The van der Waals surface area contributed by atoms with Gasteiger partial charge in [0.1, 0.15) is 11.5 Å². The number of hydrogen-bond acceptors (Lipinski definition) is 3. The van der Waals surface area contributed by atoms with Crippen molar-refractivity contribution in [2.75, 3.05) is 6.26 Å². The van der Waals surface area contributed by atoms with Gasteiger partial charge in [0, 0.05) is 22.0 Å². The summed E-state index contributed by atoms with van der Waals surface area (Å²) in [5.74, 6) is 1.72. The van der Waals surface area contributed by atoms with E-state index in [2.05, 4.69) is 45.7 Å². The molecule has 0 saturated heterocycles. The Kier molecular flexibility index (Phi) is 4.88. The molecule has 1 N–H and O–H groups in total. The molecule has 0 heterocycles. The van der Waals surface area contributed by atoms with Crippen molar-refractivity contribution < 1.29 is 4.74 Å². The van der Waals surface area contributed by atoms with E-state index in [0.717, 1.165) is 28.6 Å². The Hall–Kier alpha value is -0.970. The average Bonchev–Trinajstić information content (AvgIpc) is 3.31. The third-order valence-corrected chi connectivity index (χ3v) is 4.96. The Morgan fingerprint density at radius 2 is 1.86 bits per heavy atom. The maximum atomic E-state index is 5.89. The van der Waals surface area contributed by atoms with Crippen molar-refractivity contribution in [3.63, 3.8) is 0 Å². The molecule has 0 radical (unpaired) electrons. The monoisotopic (exact) mass is 363 g/mol. The summed E-state index contributed by atoms with van der Waals surface area (Å²) in [5, 5.41) is 3.52. The van der Waals surface area contributed by atoms with E-state index < -0.39 is 0 Å². The molecule has 0 unspecified atom stereocenters. The Morgan fingerprint density at radius 1 is 1.14 bits per heavy atom. The van der Waals surface area contributed by atoms with Crippen LogP contribution in [0.3, 0.4) is 0 Å². The minimum atomic E-state index is 0.725. The van der Waals surface area contributed by atoms with Gasteiger partial charge in [-0.25, -0.2) is 0 Å². The van der Waals surface area contributed by atoms with Gasteiger partial charge in [0.15, 0.2) is 0 Å². The Bertz CT molecular complexity index is 611. The zero-order chi connectivity index (χ0) is 14.7. The molecule has 1 aliphatic rings. The number of hydrogen-bond donors (Lipinski definition) is 1. The van der Waals surface area contributed by atoms with E-state index in [1.54, 1.807) is 11.8 Å². The van der Waals surface area contributed by atoms with E-state index in [-0.39, 0.29) is 0 Å². The SMILES string of the molecule is CSc1ccc(Oc2ccc(CNC3CC3)c(Br)c2)cc1. The molecule has 0 spiro atoms. The highest BCUT2D eigenvalue weighted by Crippen LogP contribution is 2.29. The first-order valence-corrected chi connectivity index (χ1v) is 9.10. The second kappa shape index (κ2) is 6.86. The third kappa shape index (κ3) is 4.25. The van der Waals surface area contributed by atoms with Crippen LogP contribution in [-0.4, -0.2) is 12.3 Å². The summed E-state index contributed by atoms with van der Waals surface area (Å²) < 4.78 is 6.98. The van der Waals surface area contributed by atoms with Crippen LogP contribution < -0.4 is 10.1 Å². The van der Waals surface area contributed by atoms with Crippen LogP contribution in [-0.2, 0) is 6.54 Å². The van der Waals surface area contributed by atoms with Gasteiger partial charge in [-0.3, -0.25) is 0 Å². The summed E-state index contributed by atoms with van der Waals surface area (Å²) in [6.07, 6.45) is 4.69. The van der Waals surface area contributed by atoms with Crippen molar-refractivity contribution in [1.82, 2.24) is 5.32 Å². The van der Waals surface area contributed by atoms with Crippen LogP contribution in [0, 0.1) is 0 Å². The van der Waals surface area contributed by atoms with Crippen LogP contribution in [0.5, 0.6) is 11.5 Å². The molecular formula is C17H18BrNOS. The molecule has 0 atom stereocenters. The molecule has 1 saturated carbocycles. The molecule has 2 aromatic rings. The van der Waals surface area contributed by atoms with Gasteiger partial charge < -0.3 is 10.1 Å². The van der Waals surface area contributed by atoms with E-state index in [0.29, 0.717) is 0 Å². The van der Waals surface area contributed by atoms with Crippen LogP contribution in [0.4, 0.5) is 0 Å². The lowest BCUT2D eigenvalue weighted by Crippen LogP contribution is -2.15. The number of halogens is 1. The van der Waals surface area contributed by atoms with Gasteiger partial charge in [-0.05, 0) is 61.1 Å². The zero-order valence-electron chi connectivity index (χ0n) is 11.9. The van der Waals surface area contributed by atoms with Gasteiger partial charge in [0.05, 0.1) is 0 Å². The highest BCUT2D eigenvalue weighted by molar-refractivity contribution is 9.10. The van der Waals surface area contributed by atoms with Crippen molar-refractivity contribution in [2.45, 2.75) is 30.3 Å². The molecule has 0 bridgehead atoms. The van der Waals surface area contributed by atoms with E-state index >= 15 is 0 Å². The first-order chi connectivity index (χ1) is 10.2. The Balaban J connectivity index is 1.65. The lowest BCUT2D eigenvalue weighted by molar-refractivity contribution is 0.481. The van der Waals surface area contributed by atoms with Gasteiger partial charge in [-0.15, -0.1) is 11.8 Å². The largest absolute Gasteiger partial charge is 0.457 e. The highest BCUT2D eigenvalue weighted by Gasteiger charge is 2.20. The van der Waals surface area contributed by atoms with E-state index in [9.17, 15) is 0 Å². The van der Waals surface area contributed by atoms with E-state index in [1.165, 1.54) is 23.3 Å². The number of nitrogens with one attached hydrogen (secondary N) is 1. The summed E-state index contributed by atoms with van der Waals surface area (Å²) in [5.41, 5.74) is 1.27. The van der Waals surface area contributed by atoms with Crippen LogP contribution in [0.15, 0.2) is 51.8 Å². The van der Waals surface area contributed by atoms with E-state index in [4.69, 9.17) is 4.74 Å². The van der Waals surface area contributed by atoms with E-state index in [1.807, 2.05) is 24.3 Å². The number of thioether (sulfide) groups is 1. The van der Waals surface area contributed by atoms with Gasteiger partial charge >= 0.3 is 0 Å². The Morgan fingerprint density at radius 3 is 2.48 bits per heavy atom.